The van der Waals surface area contributed by atoms with E-state index in [0.717, 1.165) is 13.0 Å². The maximum Gasteiger partial charge on any atom is 0.263 e. The Balaban J connectivity index is 3.45. The van der Waals surface area contributed by atoms with E-state index >= 15 is 0 Å². The van der Waals surface area contributed by atoms with Crippen molar-refractivity contribution in [3.8, 4) is 0 Å². The fourth-order valence-corrected chi connectivity index (χ4v) is 0.411. The van der Waals surface area contributed by atoms with Gasteiger partial charge in [0.05, 0.1) is 0 Å². The van der Waals surface area contributed by atoms with E-state index in [4.69, 9.17) is 0 Å². The molecule has 2 heteroatoms. The molecule has 0 N–H and O–H groups in total. The highest BCUT2D eigenvalue weighted by Crippen LogP contribution is 2.12. The minimum Gasteiger partial charge on any atom is -0.202 e. The quantitative estimate of drug-likeness (QED) is 0.519. The summed E-state index contributed by atoms with van der Waals surface area (Å²) in [4.78, 5) is 0. The van der Waals surface area contributed by atoms with Crippen molar-refractivity contribution in [2.75, 3.05) is 0 Å². The molecule has 0 aromatic carbocycles. The first-order valence-electron chi connectivity index (χ1n) is 2.89. The lowest BCUT2D eigenvalue weighted by atomic mass is 10.2. The molecule has 0 saturated carbocycles. The van der Waals surface area contributed by atoms with Crippen LogP contribution in [-0.2, 0) is 0 Å². The highest BCUT2D eigenvalue weighted by Gasteiger charge is 2.14. The van der Waals surface area contributed by atoms with E-state index in [1.165, 1.54) is 6.08 Å². The molecule has 0 aliphatic carbocycles. The van der Waals surface area contributed by atoms with Crippen LogP contribution in [0.15, 0.2) is 12.2 Å². The van der Waals surface area contributed by atoms with Crippen LogP contribution in [0.1, 0.15) is 20.3 Å². The van der Waals surface area contributed by atoms with E-state index in [2.05, 4.69) is 0 Å². The van der Waals surface area contributed by atoms with Crippen molar-refractivity contribution in [1.29, 1.82) is 0 Å². The van der Waals surface area contributed by atoms with E-state index in [1.807, 2.05) is 13.3 Å². The smallest absolute Gasteiger partial charge is 0.202 e. The lowest BCUT2D eigenvalue weighted by Crippen LogP contribution is -2.02. The molecule has 53 valence electrons. The Morgan fingerprint density at radius 2 is 2.00 bits per heavy atom. The molecule has 0 aliphatic heterocycles. The fourth-order valence-electron chi connectivity index (χ4n) is 0.411. The van der Waals surface area contributed by atoms with E-state index in [0.29, 0.717) is 6.42 Å². The van der Waals surface area contributed by atoms with Gasteiger partial charge in [0.2, 0.25) is 0 Å². The maximum absolute atomic E-state index is 11.9. The SMILES string of the molecule is C[CH]CC=CC(C)(F)F. The molecular formula is C7H11F2. The molecule has 0 unspecified atom stereocenters. The van der Waals surface area contributed by atoms with Crippen LogP contribution in [0.25, 0.3) is 0 Å². The van der Waals surface area contributed by atoms with Crippen LogP contribution < -0.4 is 0 Å². The lowest BCUT2D eigenvalue weighted by molar-refractivity contribution is 0.0772. The van der Waals surface area contributed by atoms with Gasteiger partial charge in [0.15, 0.2) is 0 Å². The normalized spacial score (nSPS) is 12.9. The van der Waals surface area contributed by atoms with Gasteiger partial charge in [-0.15, -0.1) is 0 Å². The lowest BCUT2D eigenvalue weighted by Gasteiger charge is -2.00. The number of allylic oxidation sites excluding steroid dienone is 2. The molecule has 0 bridgehead atoms. The third-order valence-corrected chi connectivity index (χ3v) is 0.782. The largest absolute Gasteiger partial charge is 0.263 e. The maximum atomic E-state index is 11.9. The Labute approximate surface area is 54.6 Å². The molecule has 0 fully saturated rings. The highest BCUT2D eigenvalue weighted by molar-refractivity contribution is 4.93. The molecule has 0 rings (SSSR count). The minimum atomic E-state index is -2.65. The van der Waals surface area contributed by atoms with Crippen molar-refractivity contribution in [2.45, 2.75) is 26.2 Å². The number of alkyl halides is 2. The Hall–Kier alpha value is -0.400. The van der Waals surface area contributed by atoms with E-state index < -0.39 is 5.92 Å². The zero-order valence-electron chi connectivity index (χ0n) is 5.70. The zero-order valence-corrected chi connectivity index (χ0v) is 5.70. The molecule has 0 heterocycles. The summed E-state index contributed by atoms with van der Waals surface area (Å²) in [5, 5.41) is 0. The van der Waals surface area contributed by atoms with Gasteiger partial charge < -0.3 is 0 Å². The second kappa shape index (κ2) is 3.59. The molecule has 0 atom stereocenters. The van der Waals surface area contributed by atoms with Gasteiger partial charge in [0.25, 0.3) is 5.92 Å². The second-order valence-electron chi connectivity index (χ2n) is 2.00. The predicted octanol–water partition coefficient (Wildman–Crippen LogP) is 2.81. The average Bonchev–Trinajstić information content (AvgIpc) is 1.63. The Bertz CT molecular complexity index is 89.6. The molecule has 0 nitrogen and oxygen atoms in total. The molecule has 9 heavy (non-hydrogen) atoms. The number of unbranched alkanes of at least 4 members (excludes halogenated alkanes) is 1. The monoisotopic (exact) mass is 133 g/mol. The van der Waals surface area contributed by atoms with Crippen molar-refractivity contribution in [3.05, 3.63) is 18.6 Å². The van der Waals surface area contributed by atoms with Crippen molar-refractivity contribution < 1.29 is 8.78 Å². The summed E-state index contributed by atoms with van der Waals surface area (Å²) in [6, 6.07) is 0. The third-order valence-electron chi connectivity index (χ3n) is 0.782. The Morgan fingerprint density at radius 1 is 1.44 bits per heavy atom. The molecular weight excluding hydrogens is 122 g/mol. The number of hydrogen-bond donors (Lipinski definition) is 0. The van der Waals surface area contributed by atoms with Gasteiger partial charge >= 0.3 is 0 Å². The average molecular weight is 133 g/mol. The first kappa shape index (κ1) is 8.60. The first-order chi connectivity index (χ1) is 4.06. The van der Waals surface area contributed by atoms with E-state index in [-0.39, 0.29) is 0 Å². The van der Waals surface area contributed by atoms with Crippen LogP contribution >= 0.6 is 0 Å². The van der Waals surface area contributed by atoms with Crippen molar-refractivity contribution in [1.82, 2.24) is 0 Å². The van der Waals surface area contributed by atoms with Gasteiger partial charge in [-0.3, -0.25) is 0 Å². The van der Waals surface area contributed by atoms with Crippen LogP contribution in [0.3, 0.4) is 0 Å². The van der Waals surface area contributed by atoms with Crippen LogP contribution in [0.2, 0.25) is 0 Å². The van der Waals surface area contributed by atoms with Gasteiger partial charge in [-0.25, -0.2) is 8.78 Å². The molecule has 0 aromatic heterocycles. The predicted molar refractivity (Wildman–Crippen MR) is 34.4 cm³/mol. The molecule has 0 amide bonds. The summed E-state index contributed by atoms with van der Waals surface area (Å²) in [7, 11) is 0. The van der Waals surface area contributed by atoms with Crippen LogP contribution in [0, 0.1) is 6.42 Å². The molecule has 0 saturated heterocycles. The Morgan fingerprint density at radius 3 is 2.33 bits per heavy atom. The van der Waals surface area contributed by atoms with Gasteiger partial charge in [-0.05, 0) is 18.9 Å². The molecule has 0 aromatic rings. The third kappa shape index (κ3) is 7.60. The van der Waals surface area contributed by atoms with Crippen LogP contribution in [-0.4, -0.2) is 5.92 Å². The number of rotatable bonds is 3. The second-order valence-corrected chi connectivity index (χ2v) is 2.00. The topological polar surface area (TPSA) is 0 Å². The number of hydrogen-bond acceptors (Lipinski definition) is 0. The van der Waals surface area contributed by atoms with Crippen LogP contribution in [0.5, 0.6) is 0 Å². The first-order valence-corrected chi connectivity index (χ1v) is 2.89. The van der Waals surface area contributed by atoms with Gasteiger partial charge in [-0.1, -0.05) is 13.0 Å². The number of halogens is 2. The summed E-state index contributed by atoms with van der Waals surface area (Å²) in [5.41, 5.74) is 0. The summed E-state index contributed by atoms with van der Waals surface area (Å²) in [6.07, 6.45) is 4.80. The molecule has 0 aliphatic rings. The highest BCUT2D eigenvalue weighted by atomic mass is 19.3. The van der Waals surface area contributed by atoms with Gasteiger partial charge in [-0.2, -0.15) is 0 Å². The summed E-state index contributed by atoms with van der Waals surface area (Å²) in [5.74, 6) is -2.65. The zero-order chi connectivity index (χ0) is 7.33. The van der Waals surface area contributed by atoms with Gasteiger partial charge in [0.1, 0.15) is 0 Å². The summed E-state index contributed by atoms with van der Waals surface area (Å²) >= 11 is 0. The summed E-state index contributed by atoms with van der Waals surface area (Å²) in [6.45, 7) is 2.71. The van der Waals surface area contributed by atoms with E-state index in [9.17, 15) is 8.78 Å². The van der Waals surface area contributed by atoms with Crippen molar-refractivity contribution >= 4 is 0 Å². The Kier molecular flexibility index (Phi) is 3.43. The summed E-state index contributed by atoms with van der Waals surface area (Å²) < 4.78 is 23.9. The standard InChI is InChI=1S/C7H11F2/c1-3-4-5-6-7(2,8)9/h3,5-6H,4H2,1-2H3. The van der Waals surface area contributed by atoms with Crippen LogP contribution in [0.4, 0.5) is 8.78 Å². The molecule has 1 radical (unpaired) electrons. The van der Waals surface area contributed by atoms with Crippen molar-refractivity contribution in [3.63, 3.8) is 0 Å². The molecule has 0 spiro atoms. The van der Waals surface area contributed by atoms with Gasteiger partial charge in [0, 0.05) is 6.92 Å². The van der Waals surface area contributed by atoms with Crippen molar-refractivity contribution in [2.24, 2.45) is 0 Å². The minimum absolute atomic E-state index is 0.615. The van der Waals surface area contributed by atoms with E-state index in [1.54, 1.807) is 0 Å². The fraction of sp³-hybridized carbons (Fsp3) is 0.571.